The second-order valence-corrected chi connectivity index (χ2v) is 17.1. The highest BCUT2D eigenvalue weighted by Crippen LogP contribution is 2.40. The van der Waals surface area contributed by atoms with Gasteiger partial charge in [0, 0.05) is 32.9 Å². The monoisotopic (exact) mass is 840 g/mol. The summed E-state index contributed by atoms with van der Waals surface area (Å²) in [6, 6.07) is 84.1. The summed E-state index contributed by atoms with van der Waals surface area (Å²) in [6.07, 6.45) is 3.80. The minimum absolute atomic E-state index is 1.12. The molecular weight excluding hydrogens is 797 g/mol. The van der Waals surface area contributed by atoms with Crippen molar-refractivity contribution in [3.05, 3.63) is 255 Å². The lowest BCUT2D eigenvalue weighted by Gasteiger charge is -2.12. The summed E-state index contributed by atoms with van der Waals surface area (Å²) < 4.78 is 4.83. The van der Waals surface area contributed by atoms with E-state index in [1.165, 1.54) is 99.2 Å². The van der Waals surface area contributed by atoms with Crippen LogP contribution in [0.2, 0.25) is 0 Å². The average Bonchev–Trinajstić information content (AvgIpc) is 3.91. The topological polar surface area (TPSA) is 9.86 Å². The number of nitrogens with zero attached hydrogens (tertiary/aromatic N) is 2. The van der Waals surface area contributed by atoms with Crippen LogP contribution in [0.5, 0.6) is 0 Å². The van der Waals surface area contributed by atoms with Crippen molar-refractivity contribution in [2.24, 2.45) is 0 Å². The zero-order valence-corrected chi connectivity index (χ0v) is 36.4. The number of hydrogen-bond acceptors (Lipinski definition) is 0. The summed E-state index contributed by atoms with van der Waals surface area (Å²) in [5.74, 6) is 0. The molecule has 310 valence electrons. The molecular formula is C64H44N2. The third kappa shape index (κ3) is 6.75. The zero-order valence-electron chi connectivity index (χ0n) is 36.4. The van der Waals surface area contributed by atoms with E-state index in [9.17, 15) is 0 Å². The first-order chi connectivity index (χ1) is 32.6. The maximum absolute atomic E-state index is 3.98. The summed E-state index contributed by atoms with van der Waals surface area (Å²) in [4.78, 5) is 0. The average molecular weight is 841 g/mol. The predicted molar refractivity (Wildman–Crippen MR) is 282 cm³/mol. The van der Waals surface area contributed by atoms with Crippen molar-refractivity contribution in [2.45, 2.75) is 0 Å². The van der Waals surface area contributed by atoms with Crippen molar-refractivity contribution < 1.29 is 0 Å². The van der Waals surface area contributed by atoms with Gasteiger partial charge in [0.05, 0.1) is 22.1 Å². The molecule has 0 aliphatic carbocycles. The van der Waals surface area contributed by atoms with E-state index in [-0.39, 0.29) is 0 Å². The Morgan fingerprint density at radius 3 is 0.970 bits per heavy atom. The summed E-state index contributed by atoms with van der Waals surface area (Å²) in [6.45, 7) is 7.95. The SMILES string of the molecule is C=Cc1cccc(-c2cccc(-c3cccc(-n4c5ccccc5c5cc(-c6ccc7c(c6)c6ccccc6n7-c6cccc(-c7cccc(-c8cccc(C=C)c8)c7)c6)ccc54)c3)c2)c1. The Morgan fingerprint density at radius 2 is 0.561 bits per heavy atom. The van der Waals surface area contributed by atoms with Crippen LogP contribution in [0.15, 0.2) is 244 Å². The van der Waals surface area contributed by atoms with Gasteiger partial charge in [-0.05, 0) is 152 Å². The second kappa shape index (κ2) is 16.1. The third-order valence-electron chi connectivity index (χ3n) is 13.2. The predicted octanol–water partition coefficient (Wildman–Crippen LogP) is 17.5. The lowest BCUT2D eigenvalue weighted by Crippen LogP contribution is -1.94. The first-order valence-corrected chi connectivity index (χ1v) is 22.5. The summed E-state index contributed by atoms with van der Waals surface area (Å²) in [5.41, 5.74) is 21.1. The van der Waals surface area contributed by atoms with Crippen molar-refractivity contribution in [2.75, 3.05) is 0 Å². The Labute approximate surface area is 384 Å². The molecule has 10 aromatic carbocycles. The van der Waals surface area contributed by atoms with Crippen molar-refractivity contribution in [3.8, 4) is 67.0 Å². The fraction of sp³-hybridized carbons (Fsp3) is 0. The van der Waals surface area contributed by atoms with Crippen LogP contribution in [0, 0.1) is 0 Å². The van der Waals surface area contributed by atoms with Crippen LogP contribution in [0.4, 0.5) is 0 Å². The third-order valence-corrected chi connectivity index (χ3v) is 13.2. The summed E-state index contributed by atoms with van der Waals surface area (Å²) in [5, 5.41) is 4.93. The molecule has 2 aromatic heterocycles. The number of para-hydroxylation sites is 2. The van der Waals surface area contributed by atoms with E-state index in [0.717, 1.165) is 22.5 Å². The van der Waals surface area contributed by atoms with Gasteiger partial charge in [-0.25, -0.2) is 0 Å². The minimum Gasteiger partial charge on any atom is -0.309 e. The molecule has 0 N–H and O–H groups in total. The standard InChI is InChI=1S/C64H44N2/c1-3-43-15-9-17-45(35-43)47-19-11-21-49(37-47)51-23-13-25-55(39-51)65-61-29-7-5-27-57(61)59-41-53(31-33-63(59)65)54-32-34-64-60(42-54)58-28-6-8-30-62(58)66(64)56-26-14-24-52(40-56)50-22-12-20-48(38-50)46-18-10-16-44(4-2)36-46/h3-42H,1-2H2. The number of hydrogen-bond donors (Lipinski definition) is 0. The second-order valence-electron chi connectivity index (χ2n) is 17.1. The number of benzene rings is 10. The molecule has 12 aromatic rings. The molecule has 0 amide bonds. The molecule has 0 fully saturated rings. The van der Waals surface area contributed by atoms with E-state index in [1.807, 2.05) is 12.2 Å². The normalized spacial score (nSPS) is 11.5. The van der Waals surface area contributed by atoms with Gasteiger partial charge in [0.25, 0.3) is 0 Å². The van der Waals surface area contributed by atoms with E-state index < -0.39 is 0 Å². The van der Waals surface area contributed by atoms with Gasteiger partial charge in [0.1, 0.15) is 0 Å². The Morgan fingerprint density at radius 1 is 0.242 bits per heavy atom. The van der Waals surface area contributed by atoms with Crippen LogP contribution in [0.25, 0.3) is 123 Å². The van der Waals surface area contributed by atoms with Gasteiger partial charge < -0.3 is 9.13 Å². The molecule has 0 saturated heterocycles. The van der Waals surface area contributed by atoms with Crippen LogP contribution in [0.3, 0.4) is 0 Å². The summed E-state index contributed by atoms with van der Waals surface area (Å²) in [7, 11) is 0. The van der Waals surface area contributed by atoms with Crippen LogP contribution in [0.1, 0.15) is 11.1 Å². The molecule has 2 nitrogen and oxygen atoms in total. The molecule has 12 rings (SSSR count). The van der Waals surface area contributed by atoms with Crippen LogP contribution in [-0.2, 0) is 0 Å². The van der Waals surface area contributed by atoms with Crippen LogP contribution >= 0.6 is 0 Å². The van der Waals surface area contributed by atoms with Crippen LogP contribution < -0.4 is 0 Å². The van der Waals surface area contributed by atoms with Gasteiger partial charge in [-0.3, -0.25) is 0 Å². The number of fused-ring (bicyclic) bond motifs is 6. The quantitative estimate of drug-likeness (QED) is 0.137. The fourth-order valence-electron chi connectivity index (χ4n) is 9.96. The Kier molecular flexibility index (Phi) is 9.51. The van der Waals surface area contributed by atoms with E-state index in [1.54, 1.807) is 0 Å². The lowest BCUT2D eigenvalue weighted by atomic mass is 9.97. The van der Waals surface area contributed by atoms with Crippen LogP contribution in [-0.4, -0.2) is 9.13 Å². The van der Waals surface area contributed by atoms with E-state index in [2.05, 4.69) is 253 Å². The van der Waals surface area contributed by atoms with Gasteiger partial charge >= 0.3 is 0 Å². The van der Waals surface area contributed by atoms with E-state index in [0.29, 0.717) is 0 Å². The number of aromatic nitrogens is 2. The maximum atomic E-state index is 3.98. The molecule has 0 unspecified atom stereocenters. The maximum Gasteiger partial charge on any atom is 0.0541 e. The van der Waals surface area contributed by atoms with Gasteiger partial charge in [0.2, 0.25) is 0 Å². The Balaban J connectivity index is 0.923. The molecule has 0 atom stereocenters. The Hall–Kier alpha value is -8.72. The van der Waals surface area contributed by atoms with Crippen molar-refractivity contribution in [3.63, 3.8) is 0 Å². The molecule has 0 saturated carbocycles. The lowest BCUT2D eigenvalue weighted by molar-refractivity contribution is 1.18. The van der Waals surface area contributed by atoms with E-state index in [4.69, 9.17) is 0 Å². The molecule has 0 aliphatic heterocycles. The molecule has 2 heteroatoms. The molecule has 2 heterocycles. The highest BCUT2D eigenvalue weighted by Gasteiger charge is 2.17. The van der Waals surface area contributed by atoms with Crippen molar-refractivity contribution >= 4 is 55.8 Å². The number of rotatable bonds is 9. The van der Waals surface area contributed by atoms with Crippen molar-refractivity contribution in [1.82, 2.24) is 9.13 Å². The molecule has 0 spiro atoms. The fourth-order valence-corrected chi connectivity index (χ4v) is 9.96. The van der Waals surface area contributed by atoms with Gasteiger partial charge in [-0.2, -0.15) is 0 Å². The van der Waals surface area contributed by atoms with E-state index >= 15 is 0 Å². The highest BCUT2D eigenvalue weighted by atomic mass is 15.0. The molecule has 0 bridgehead atoms. The molecule has 66 heavy (non-hydrogen) atoms. The van der Waals surface area contributed by atoms with Gasteiger partial charge in [0.15, 0.2) is 0 Å². The smallest absolute Gasteiger partial charge is 0.0541 e. The minimum atomic E-state index is 1.12. The Bertz CT molecular complexity index is 3620. The largest absolute Gasteiger partial charge is 0.309 e. The summed E-state index contributed by atoms with van der Waals surface area (Å²) >= 11 is 0. The zero-order chi connectivity index (χ0) is 44.1. The molecule has 0 radical (unpaired) electrons. The first kappa shape index (κ1) is 38.9. The highest BCUT2D eigenvalue weighted by molar-refractivity contribution is 6.13. The molecule has 0 aliphatic rings. The van der Waals surface area contributed by atoms with Crippen molar-refractivity contribution in [1.29, 1.82) is 0 Å². The van der Waals surface area contributed by atoms with Gasteiger partial charge in [-0.1, -0.05) is 171 Å². The first-order valence-electron chi connectivity index (χ1n) is 22.5. The van der Waals surface area contributed by atoms with Gasteiger partial charge in [-0.15, -0.1) is 0 Å².